The van der Waals surface area contributed by atoms with Gasteiger partial charge in [-0.05, 0) is 42.5 Å². The van der Waals surface area contributed by atoms with E-state index in [-0.39, 0.29) is 29.8 Å². The van der Waals surface area contributed by atoms with E-state index in [1.54, 1.807) is 17.0 Å². The zero-order chi connectivity index (χ0) is 20.3. The first kappa shape index (κ1) is 17.9. The largest absolute Gasteiger partial charge is 0.332 e. The van der Waals surface area contributed by atoms with Gasteiger partial charge in [-0.3, -0.25) is 9.59 Å². The molecule has 3 aliphatic rings. The van der Waals surface area contributed by atoms with Crippen molar-refractivity contribution in [3.63, 3.8) is 0 Å². The molecular formula is C23H23N3O3. The number of nitrogens with zero attached hydrogens (tertiary/aromatic N) is 2. The first-order chi connectivity index (χ1) is 13.9. The van der Waals surface area contributed by atoms with Crippen LogP contribution in [0.1, 0.15) is 32.3 Å². The van der Waals surface area contributed by atoms with E-state index in [9.17, 15) is 14.4 Å². The molecule has 0 aromatic heterocycles. The van der Waals surface area contributed by atoms with Crippen LogP contribution in [0.4, 0.5) is 16.2 Å². The summed E-state index contributed by atoms with van der Waals surface area (Å²) in [5, 5.41) is 2.99. The maximum atomic E-state index is 13.4. The second-order valence-electron chi connectivity index (χ2n) is 8.54. The predicted molar refractivity (Wildman–Crippen MR) is 110 cm³/mol. The summed E-state index contributed by atoms with van der Waals surface area (Å²) in [7, 11) is 0. The zero-order valence-corrected chi connectivity index (χ0v) is 16.5. The fourth-order valence-electron chi connectivity index (χ4n) is 5.27. The summed E-state index contributed by atoms with van der Waals surface area (Å²) in [5.74, 6) is -0.0838. The maximum absolute atomic E-state index is 13.4. The molecule has 2 saturated heterocycles. The normalized spacial score (nSPS) is 27.8. The number of hydrogen-bond acceptors (Lipinski definition) is 3. The lowest BCUT2D eigenvalue weighted by molar-refractivity contribution is -0.121. The molecule has 4 amide bonds. The number of nitrogens with one attached hydrogen (secondary N) is 1. The first-order valence-electron chi connectivity index (χ1n) is 10.1. The lowest BCUT2D eigenvalue weighted by atomic mass is 9.72. The van der Waals surface area contributed by atoms with Crippen molar-refractivity contribution in [1.82, 2.24) is 4.90 Å². The Balaban J connectivity index is 1.62. The van der Waals surface area contributed by atoms with Crippen molar-refractivity contribution in [2.75, 3.05) is 10.2 Å². The third-order valence-corrected chi connectivity index (χ3v) is 6.44. The Morgan fingerprint density at radius 1 is 1.03 bits per heavy atom. The smallest absolute Gasteiger partial charge is 0.325 e. The second-order valence-corrected chi connectivity index (χ2v) is 8.54. The van der Waals surface area contributed by atoms with Crippen LogP contribution in [0.2, 0.25) is 0 Å². The van der Waals surface area contributed by atoms with Gasteiger partial charge < -0.3 is 10.2 Å². The number of benzene rings is 2. The van der Waals surface area contributed by atoms with E-state index in [2.05, 4.69) is 19.2 Å². The average Bonchev–Trinajstić information content (AvgIpc) is 3.27. The van der Waals surface area contributed by atoms with Crippen LogP contribution >= 0.6 is 0 Å². The topological polar surface area (TPSA) is 69.7 Å². The molecule has 0 saturated carbocycles. The Hall–Kier alpha value is -3.15. The molecule has 3 heterocycles. The van der Waals surface area contributed by atoms with Gasteiger partial charge in [0.2, 0.25) is 5.91 Å². The van der Waals surface area contributed by atoms with Crippen molar-refractivity contribution in [1.29, 1.82) is 0 Å². The summed E-state index contributed by atoms with van der Waals surface area (Å²) >= 11 is 0. The number of anilines is 2. The predicted octanol–water partition coefficient (Wildman–Crippen LogP) is 3.53. The fourth-order valence-corrected chi connectivity index (χ4v) is 5.27. The van der Waals surface area contributed by atoms with Gasteiger partial charge in [0.15, 0.2) is 0 Å². The van der Waals surface area contributed by atoms with Crippen LogP contribution in [0.25, 0.3) is 0 Å². The molecule has 148 valence electrons. The summed E-state index contributed by atoms with van der Waals surface area (Å²) in [6, 6.07) is 15.3. The van der Waals surface area contributed by atoms with Gasteiger partial charge in [0.05, 0.1) is 17.1 Å². The molecule has 2 fully saturated rings. The number of para-hydroxylation sites is 2. The van der Waals surface area contributed by atoms with E-state index in [4.69, 9.17) is 0 Å². The average molecular weight is 389 g/mol. The van der Waals surface area contributed by atoms with Crippen molar-refractivity contribution < 1.29 is 14.4 Å². The summed E-state index contributed by atoms with van der Waals surface area (Å²) in [6.07, 6.45) is 0.973. The van der Waals surface area contributed by atoms with E-state index < -0.39 is 11.5 Å². The van der Waals surface area contributed by atoms with Gasteiger partial charge in [0.25, 0.3) is 5.91 Å². The third-order valence-electron chi connectivity index (χ3n) is 6.44. The van der Waals surface area contributed by atoms with Gasteiger partial charge in [0.1, 0.15) is 6.04 Å². The van der Waals surface area contributed by atoms with Crippen LogP contribution in [-0.2, 0) is 15.0 Å². The summed E-state index contributed by atoms with van der Waals surface area (Å²) in [4.78, 5) is 43.0. The van der Waals surface area contributed by atoms with E-state index in [0.29, 0.717) is 18.5 Å². The zero-order valence-electron chi connectivity index (χ0n) is 16.5. The molecule has 0 unspecified atom stereocenters. The minimum atomic E-state index is -0.875. The van der Waals surface area contributed by atoms with Crippen LogP contribution < -0.4 is 10.2 Å². The van der Waals surface area contributed by atoms with E-state index >= 15 is 0 Å². The molecule has 0 radical (unpaired) electrons. The highest BCUT2D eigenvalue weighted by Gasteiger charge is 2.67. The molecule has 0 bridgehead atoms. The number of urea groups is 1. The number of rotatable bonds is 3. The highest BCUT2D eigenvalue weighted by atomic mass is 16.2. The SMILES string of the molecule is CC(C)C[C@H]1N2C(=O)N(c3ccccc3)C(=O)[C@@H]2C[C@]12C(=O)Nc1ccccc12. The minimum absolute atomic E-state index is 0.106. The lowest BCUT2D eigenvalue weighted by Gasteiger charge is -2.34. The van der Waals surface area contributed by atoms with Crippen molar-refractivity contribution in [3.8, 4) is 0 Å². The van der Waals surface area contributed by atoms with E-state index in [1.807, 2.05) is 42.5 Å². The molecule has 1 spiro atoms. The fraction of sp³-hybridized carbons (Fsp3) is 0.348. The van der Waals surface area contributed by atoms with E-state index in [1.165, 1.54) is 4.90 Å². The summed E-state index contributed by atoms with van der Waals surface area (Å²) in [6.45, 7) is 4.16. The Bertz CT molecular complexity index is 1020. The molecule has 2 aromatic rings. The van der Waals surface area contributed by atoms with Crippen LogP contribution in [0.3, 0.4) is 0 Å². The summed E-state index contributed by atoms with van der Waals surface area (Å²) < 4.78 is 0. The molecular weight excluding hydrogens is 366 g/mol. The Labute approximate surface area is 169 Å². The van der Waals surface area contributed by atoms with Gasteiger partial charge in [-0.2, -0.15) is 0 Å². The molecule has 3 atom stereocenters. The van der Waals surface area contributed by atoms with Crippen molar-refractivity contribution >= 4 is 29.2 Å². The van der Waals surface area contributed by atoms with Crippen LogP contribution in [0.5, 0.6) is 0 Å². The molecule has 2 aromatic carbocycles. The molecule has 6 nitrogen and oxygen atoms in total. The number of imide groups is 1. The third kappa shape index (κ3) is 2.32. The number of fused-ring (bicyclic) bond motifs is 3. The maximum Gasteiger partial charge on any atom is 0.332 e. The van der Waals surface area contributed by atoms with Crippen molar-refractivity contribution in [2.24, 2.45) is 5.92 Å². The second kappa shape index (κ2) is 6.17. The van der Waals surface area contributed by atoms with Gasteiger partial charge in [-0.1, -0.05) is 50.2 Å². The van der Waals surface area contributed by atoms with Crippen molar-refractivity contribution in [2.45, 2.75) is 44.2 Å². The number of hydrogen-bond donors (Lipinski definition) is 1. The quantitative estimate of drug-likeness (QED) is 0.817. The molecule has 29 heavy (non-hydrogen) atoms. The Morgan fingerprint density at radius 3 is 2.45 bits per heavy atom. The highest BCUT2D eigenvalue weighted by molar-refractivity contribution is 6.23. The van der Waals surface area contributed by atoms with Gasteiger partial charge >= 0.3 is 6.03 Å². The number of carbonyl (C=O) groups is 3. The van der Waals surface area contributed by atoms with Gasteiger partial charge in [0, 0.05) is 5.69 Å². The van der Waals surface area contributed by atoms with Gasteiger partial charge in [-0.25, -0.2) is 9.69 Å². The first-order valence-corrected chi connectivity index (χ1v) is 10.1. The monoisotopic (exact) mass is 389 g/mol. The molecule has 3 aliphatic heterocycles. The molecule has 6 heteroatoms. The molecule has 0 aliphatic carbocycles. The number of amides is 4. The van der Waals surface area contributed by atoms with E-state index in [0.717, 1.165) is 11.3 Å². The standard InChI is InChI=1S/C23H23N3O3/c1-14(2)12-19-23(16-10-6-7-11-17(16)24-21(23)28)13-18-20(27)25(22(29)26(18)19)15-8-4-3-5-9-15/h3-11,14,18-19H,12-13H2,1-2H3,(H,24,28)/t18-,19+,23+/m0/s1. The van der Waals surface area contributed by atoms with Gasteiger partial charge in [-0.15, -0.1) is 0 Å². The Kier molecular flexibility index (Phi) is 3.81. The number of carbonyl (C=O) groups excluding carboxylic acids is 3. The Morgan fingerprint density at radius 2 is 1.72 bits per heavy atom. The van der Waals surface area contributed by atoms with Crippen molar-refractivity contribution in [3.05, 3.63) is 60.2 Å². The lowest BCUT2D eigenvalue weighted by Crippen LogP contribution is -2.50. The summed E-state index contributed by atoms with van der Waals surface area (Å²) in [5.41, 5.74) is 1.38. The molecule has 5 rings (SSSR count). The van der Waals surface area contributed by atoms with Crippen LogP contribution in [-0.4, -0.2) is 34.8 Å². The highest BCUT2D eigenvalue weighted by Crippen LogP contribution is 2.54. The minimum Gasteiger partial charge on any atom is -0.325 e. The van der Waals surface area contributed by atoms with Crippen LogP contribution in [0, 0.1) is 5.92 Å². The van der Waals surface area contributed by atoms with Crippen LogP contribution in [0.15, 0.2) is 54.6 Å². The molecule has 1 N–H and O–H groups in total.